The summed E-state index contributed by atoms with van der Waals surface area (Å²) in [6.07, 6.45) is 1.96. The van der Waals surface area contributed by atoms with Crippen LogP contribution in [0.1, 0.15) is 17.1 Å². The van der Waals surface area contributed by atoms with Gasteiger partial charge in [0.1, 0.15) is 0 Å². The van der Waals surface area contributed by atoms with Gasteiger partial charge in [-0.05, 0) is 13.3 Å². The smallest absolute Gasteiger partial charge is 0.317 e. The van der Waals surface area contributed by atoms with Crippen LogP contribution in [0.3, 0.4) is 0 Å². The van der Waals surface area contributed by atoms with E-state index < -0.39 is 0 Å². The van der Waals surface area contributed by atoms with Crippen LogP contribution in [0.4, 0.5) is 4.79 Å². The maximum absolute atomic E-state index is 11.4. The molecule has 2 rings (SSSR count). The summed E-state index contributed by atoms with van der Waals surface area (Å²) in [5, 5.41) is 6.02. The van der Waals surface area contributed by atoms with Gasteiger partial charge in [-0.25, -0.2) is 9.78 Å². The van der Waals surface area contributed by atoms with Gasteiger partial charge in [-0.15, -0.1) is 11.3 Å². The lowest BCUT2D eigenvalue weighted by atomic mass is 10.2. The van der Waals surface area contributed by atoms with Crippen LogP contribution < -0.4 is 5.32 Å². The van der Waals surface area contributed by atoms with Gasteiger partial charge in [0.05, 0.1) is 10.7 Å². The van der Waals surface area contributed by atoms with Gasteiger partial charge in [0.2, 0.25) is 0 Å². The fourth-order valence-corrected chi connectivity index (χ4v) is 2.10. The molecule has 0 bridgehead atoms. The van der Waals surface area contributed by atoms with Gasteiger partial charge in [-0.1, -0.05) is 0 Å². The quantitative estimate of drug-likeness (QED) is 0.845. The van der Waals surface area contributed by atoms with Crippen molar-refractivity contribution in [2.75, 3.05) is 19.6 Å². The fraction of sp³-hybridized carbons (Fsp3) is 0.600. The van der Waals surface area contributed by atoms with Crippen LogP contribution in [0, 0.1) is 6.92 Å². The number of aryl methyl sites for hydroxylation is 1. The molecule has 2 amide bonds. The lowest BCUT2D eigenvalue weighted by Crippen LogP contribution is -2.48. The van der Waals surface area contributed by atoms with Crippen molar-refractivity contribution in [3.05, 3.63) is 16.1 Å². The predicted molar refractivity (Wildman–Crippen MR) is 60.1 cm³/mol. The standard InChI is InChI=1S/C10H15N3OS/c1-8-12-9(7-15-8)3-4-11-10(14)13-5-2-6-13/h7H,2-6H2,1H3,(H,11,14). The number of rotatable bonds is 3. The van der Waals surface area contributed by atoms with E-state index in [1.54, 1.807) is 11.3 Å². The number of urea groups is 1. The molecule has 1 saturated heterocycles. The highest BCUT2D eigenvalue weighted by molar-refractivity contribution is 7.09. The highest BCUT2D eigenvalue weighted by Crippen LogP contribution is 2.08. The van der Waals surface area contributed by atoms with Gasteiger partial charge in [-0.2, -0.15) is 0 Å². The summed E-state index contributed by atoms with van der Waals surface area (Å²) >= 11 is 1.65. The van der Waals surface area contributed by atoms with Crippen molar-refractivity contribution in [1.82, 2.24) is 15.2 Å². The van der Waals surface area contributed by atoms with Crippen LogP contribution in [-0.2, 0) is 6.42 Å². The van der Waals surface area contributed by atoms with E-state index >= 15 is 0 Å². The molecule has 0 spiro atoms. The topological polar surface area (TPSA) is 45.2 Å². The Balaban J connectivity index is 1.68. The first-order valence-corrected chi connectivity index (χ1v) is 6.07. The molecule has 0 aromatic carbocycles. The Morgan fingerprint density at radius 2 is 2.47 bits per heavy atom. The number of likely N-dealkylation sites (tertiary alicyclic amines) is 1. The largest absolute Gasteiger partial charge is 0.338 e. The summed E-state index contributed by atoms with van der Waals surface area (Å²) in [4.78, 5) is 17.6. The van der Waals surface area contributed by atoms with Gasteiger partial charge in [-0.3, -0.25) is 0 Å². The molecular formula is C10H15N3OS. The van der Waals surface area contributed by atoms with Crippen LogP contribution in [0.15, 0.2) is 5.38 Å². The maximum atomic E-state index is 11.4. The third kappa shape index (κ3) is 2.68. The first kappa shape index (κ1) is 10.4. The molecule has 1 N–H and O–H groups in total. The van der Waals surface area contributed by atoms with E-state index in [4.69, 9.17) is 0 Å². The maximum Gasteiger partial charge on any atom is 0.317 e. The second-order valence-electron chi connectivity index (χ2n) is 3.68. The highest BCUT2D eigenvalue weighted by atomic mass is 32.1. The van der Waals surface area contributed by atoms with Crippen LogP contribution in [0.25, 0.3) is 0 Å². The van der Waals surface area contributed by atoms with Gasteiger partial charge in [0.25, 0.3) is 0 Å². The third-order valence-corrected chi connectivity index (χ3v) is 3.29. The molecule has 5 heteroatoms. The number of hydrogen-bond donors (Lipinski definition) is 1. The molecule has 2 heterocycles. The molecule has 1 aliphatic heterocycles. The molecule has 1 aliphatic rings. The zero-order valence-electron chi connectivity index (χ0n) is 8.82. The predicted octanol–water partition coefficient (Wildman–Crippen LogP) is 1.41. The molecule has 0 atom stereocenters. The molecule has 15 heavy (non-hydrogen) atoms. The summed E-state index contributed by atoms with van der Waals surface area (Å²) in [5.41, 5.74) is 1.07. The minimum absolute atomic E-state index is 0.0631. The van der Waals surface area contributed by atoms with E-state index in [0.717, 1.165) is 36.6 Å². The minimum Gasteiger partial charge on any atom is -0.338 e. The SMILES string of the molecule is Cc1nc(CCNC(=O)N2CCC2)cs1. The molecule has 1 fully saturated rings. The monoisotopic (exact) mass is 225 g/mol. The Bertz CT molecular complexity index is 346. The molecule has 1 aromatic heterocycles. The van der Waals surface area contributed by atoms with Crippen LogP contribution in [0.5, 0.6) is 0 Å². The van der Waals surface area contributed by atoms with E-state index in [1.807, 2.05) is 17.2 Å². The van der Waals surface area contributed by atoms with E-state index in [9.17, 15) is 4.79 Å². The van der Waals surface area contributed by atoms with Gasteiger partial charge in [0.15, 0.2) is 0 Å². The zero-order chi connectivity index (χ0) is 10.7. The Morgan fingerprint density at radius 1 is 1.67 bits per heavy atom. The summed E-state index contributed by atoms with van der Waals surface area (Å²) in [6, 6.07) is 0.0631. The number of nitrogens with one attached hydrogen (secondary N) is 1. The second kappa shape index (κ2) is 4.61. The number of thiazole rings is 1. The molecule has 0 aliphatic carbocycles. The van der Waals surface area contributed by atoms with Crippen LogP contribution in [-0.4, -0.2) is 35.5 Å². The average Bonchev–Trinajstić information content (AvgIpc) is 2.48. The molecule has 4 nitrogen and oxygen atoms in total. The Morgan fingerprint density at radius 3 is 3.00 bits per heavy atom. The fourth-order valence-electron chi connectivity index (χ4n) is 1.45. The van der Waals surface area contributed by atoms with Crippen molar-refractivity contribution in [2.24, 2.45) is 0 Å². The van der Waals surface area contributed by atoms with E-state index in [0.29, 0.717) is 6.54 Å². The third-order valence-electron chi connectivity index (χ3n) is 2.47. The number of nitrogens with zero attached hydrogens (tertiary/aromatic N) is 2. The number of aromatic nitrogens is 1. The first-order valence-electron chi connectivity index (χ1n) is 5.19. The molecule has 0 saturated carbocycles. The van der Waals surface area contributed by atoms with Crippen molar-refractivity contribution in [3.63, 3.8) is 0 Å². The highest BCUT2D eigenvalue weighted by Gasteiger charge is 2.19. The average molecular weight is 225 g/mol. The van der Waals surface area contributed by atoms with Gasteiger partial charge in [0, 0.05) is 31.4 Å². The van der Waals surface area contributed by atoms with Crippen molar-refractivity contribution in [3.8, 4) is 0 Å². The Labute approximate surface area is 93.3 Å². The van der Waals surface area contributed by atoms with Crippen molar-refractivity contribution in [2.45, 2.75) is 19.8 Å². The zero-order valence-corrected chi connectivity index (χ0v) is 9.64. The molecule has 82 valence electrons. The number of carbonyl (C=O) groups excluding carboxylic acids is 1. The Hall–Kier alpha value is -1.10. The second-order valence-corrected chi connectivity index (χ2v) is 4.74. The molecule has 0 unspecified atom stereocenters. The minimum atomic E-state index is 0.0631. The molecular weight excluding hydrogens is 210 g/mol. The van der Waals surface area contributed by atoms with Gasteiger partial charge < -0.3 is 10.2 Å². The van der Waals surface area contributed by atoms with Gasteiger partial charge >= 0.3 is 6.03 Å². The van der Waals surface area contributed by atoms with E-state index in [-0.39, 0.29) is 6.03 Å². The first-order chi connectivity index (χ1) is 7.25. The van der Waals surface area contributed by atoms with Crippen molar-refractivity contribution in [1.29, 1.82) is 0 Å². The number of carbonyl (C=O) groups is 1. The normalized spacial score (nSPS) is 14.9. The number of amides is 2. The molecule has 1 aromatic rings. The van der Waals surface area contributed by atoms with Crippen molar-refractivity contribution < 1.29 is 4.79 Å². The lowest BCUT2D eigenvalue weighted by molar-refractivity contribution is 0.168. The Kier molecular flexibility index (Phi) is 3.20. The van der Waals surface area contributed by atoms with E-state index in [1.165, 1.54) is 0 Å². The summed E-state index contributed by atoms with van der Waals surface area (Å²) in [5.74, 6) is 0. The summed E-state index contributed by atoms with van der Waals surface area (Å²) < 4.78 is 0. The van der Waals surface area contributed by atoms with Crippen LogP contribution in [0.2, 0.25) is 0 Å². The summed E-state index contributed by atoms with van der Waals surface area (Å²) in [6.45, 7) is 4.48. The van der Waals surface area contributed by atoms with E-state index in [2.05, 4.69) is 10.3 Å². The van der Waals surface area contributed by atoms with Crippen molar-refractivity contribution >= 4 is 17.4 Å². The van der Waals surface area contributed by atoms with Crippen LogP contribution >= 0.6 is 11.3 Å². The molecule has 0 radical (unpaired) electrons. The number of hydrogen-bond acceptors (Lipinski definition) is 3. The summed E-state index contributed by atoms with van der Waals surface area (Å²) in [7, 11) is 0. The lowest BCUT2D eigenvalue weighted by Gasteiger charge is -2.30.